The lowest BCUT2D eigenvalue weighted by molar-refractivity contribution is 0.218. The Labute approximate surface area is 169 Å². The summed E-state index contributed by atoms with van der Waals surface area (Å²) in [5.74, 6) is 1.79. The van der Waals surface area contributed by atoms with Crippen molar-refractivity contribution < 1.29 is 9.47 Å². The Morgan fingerprint density at radius 1 is 0.833 bits per heavy atom. The first-order valence-corrected chi connectivity index (χ1v) is 10.6. The predicted molar refractivity (Wildman–Crippen MR) is 113 cm³/mol. The third kappa shape index (κ3) is 7.45. The van der Waals surface area contributed by atoms with Gasteiger partial charge in [0, 0.05) is 13.1 Å². The van der Waals surface area contributed by atoms with Crippen molar-refractivity contribution in [2.24, 2.45) is 0 Å². The summed E-state index contributed by atoms with van der Waals surface area (Å²) in [6, 6.07) is 4.05. The molecule has 0 radical (unpaired) electrons. The second-order valence-corrected chi connectivity index (χ2v) is 7.48. The molecular formula is C18H30BrIN2O2. The minimum absolute atomic E-state index is 0.693. The monoisotopic (exact) mass is 512 g/mol. The lowest BCUT2D eigenvalue weighted by atomic mass is 10.3. The average Bonchev–Trinajstić information content (AvgIpc) is 2.59. The molecule has 0 unspecified atom stereocenters. The average molecular weight is 513 g/mol. The van der Waals surface area contributed by atoms with E-state index in [0.717, 1.165) is 58.8 Å². The number of halogens is 2. The summed E-state index contributed by atoms with van der Waals surface area (Å²) in [6.45, 7) is 16.2. The number of ether oxygens (including phenoxy) is 2. The summed E-state index contributed by atoms with van der Waals surface area (Å²) < 4.78 is 13.9. The van der Waals surface area contributed by atoms with Crippen molar-refractivity contribution >= 4 is 38.5 Å². The Morgan fingerprint density at radius 2 is 1.29 bits per heavy atom. The second-order valence-electron chi connectivity index (χ2n) is 5.46. The van der Waals surface area contributed by atoms with Gasteiger partial charge in [-0.3, -0.25) is 0 Å². The maximum atomic E-state index is 5.94. The third-order valence-electron chi connectivity index (χ3n) is 4.11. The van der Waals surface area contributed by atoms with Crippen molar-refractivity contribution in [3.05, 3.63) is 20.2 Å². The van der Waals surface area contributed by atoms with Crippen LogP contribution in [0, 0.1) is 3.57 Å². The molecule has 0 aliphatic carbocycles. The largest absolute Gasteiger partial charge is 0.491 e. The Kier molecular flexibility index (Phi) is 11.3. The van der Waals surface area contributed by atoms with E-state index in [-0.39, 0.29) is 0 Å². The first-order valence-electron chi connectivity index (χ1n) is 8.74. The zero-order valence-electron chi connectivity index (χ0n) is 15.3. The van der Waals surface area contributed by atoms with Gasteiger partial charge in [-0.05, 0) is 76.8 Å². The van der Waals surface area contributed by atoms with Gasteiger partial charge >= 0.3 is 0 Å². The summed E-state index contributed by atoms with van der Waals surface area (Å²) in [4.78, 5) is 4.70. The van der Waals surface area contributed by atoms with Crippen molar-refractivity contribution in [2.45, 2.75) is 27.7 Å². The molecule has 1 rings (SSSR count). The van der Waals surface area contributed by atoms with Crippen LogP contribution in [0.1, 0.15) is 27.7 Å². The third-order valence-corrected chi connectivity index (χ3v) is 5.57. The molecule has 1 aromatic rings. The minimum atomic E-state index is 0.693. The van der Waals surface area contributed by atoms with E-state index >= 15 is 0 Å². The van der Waals surface area contributed by atoms with Gasteiger partial charge in [0.1, 0.15) is 24.7 Å². The van der Waals surface area contributed by atoms with Crippen LogP contribution >= 0.6 is 38.5 Å². The highest BCUT2D eigenvalue weighted by molar-refractivity contribution is 14.1. The Hall–Kier alpha value is -0.0500. The summed E-state index contributed by atoms with van der Waals surface area (Å²) in [5.41, 5.74) is 0. The number of nitrogens with zero attached hydrogens (tertiary/aromatic N) is 2. The molecule has 0 fully saturated rings. The standard InChI is InChI=1S/C18H30BrIN2O2/c1-5-21(6-2)9-11-23-17-14-16(20)18(13-15(17)19)24-12-10-22(7-3)8-4/h13-14H,5-12H2,1-4H3. The van der Waals surface area contributed by atoms with E-state index in [9.17, 15) is 0 Å². The minimum Gasteiger partial charge on any atom is -0.491 e. The van der Waals surface area contributed by atoms with Crippen LogP contribution in [-0.2, 0) is 0 Å². The molecule has 0 N–H and O–H groups in total. The highest BCUT2D eigenvalue weighted by Crippen LogP contribution is 2.33. The molecule has 0 heterocycles. The molecule has 0 amide bonds. The van der Waals surface area contributed by atoms with E-state index < -0.39 is 0 Å². The van der Waals surface area contributed by atoms with Crippen molar-refractivity contribution in [3.63, 3.8) is 0 Å². The fraction of sp³-hybridized carbons (Fsp3) is 0.667. The molecule has 0 aliphatic rings. The Morgan fingerprint density at radius 3 is 1.75 bits per heavy atom. The number of benzene rings is 1. The number of likely N-dealkylation sites (N-methyl/N-ethyl adjacent to an activating group) is 2. The molecule has 0 atom stereocenters. The number of hydrogen-bond donors (Lipinski definition) is 0. The van der Waals surface area contributed by atoms with Crippen molar-refractivity contribution in [3.8, 4) is 11.5 Å². The highest BCUT2D eigenvalue weighted by atomic mass is 127. The molecule has 0 spiro atoms. The van der Waals surface area contributed by atoms with Crippen molar-refractivity contribution in [1.29, 1.82) is 0 Å². The molecule has 0 aliphatic heterocycles. The number of hydrogen-bond acceptors (Lipinski definition) is 4. The summed E-state index contributed by atoms with van der Waals surface area (Å²) in [6.07, 6.45) is 0. The predicted octanol–water partition coefficient (Wildman–Crippen LogP) is 4.49. The van der Waals surface area contributed by atoms with Crippen LogP contribution < -0.4 is 9.47 Å². The quantitative estimate of drug-likeness (QED) is 0.385. The van der Waals surface area contributed by atoms with Crippen LogP contribution in [0.3, 0.4) is 0 Å². The van der Waals surface area contributed by atoms with Gasteiger partial charge < -0.3 is 19.3 Å². The van der Waals surface area contributed by atoms with Crippen LogP contribution in [0.2, 0.25) is 0 Å². The van der Waals surface area contributed by atoms with Crippen LogP contribution in [0.5, 0.6) is 11.5 Å². The van der Waals surface area contributed by atoms with Gasteiger partial charge in [0.15, 0.2) is 0 Å². The smallest absolute Gasteiger partial charge is 0.134 e. The van der Waals surface area contributed by atoms with Gasteiger partial charge in [0.05, 0.1) is 8.04 Å². The molecule has 0 aromatic heterocycles. The fourth-order valence-electron chi connectivity index (χ4n) is 2.38. The van der Waals surface area contributed by atoms with E-state index in [4.69, 9.17) is 9.47 Å². The first kappa shape index (κ1) is 22.0. The van der Waals surface area contributed by atoms with Gasteiger partial charge in [-0.15, -0.1) is 0 Å². The highest BCUT2D eigenvalue weighted by Gasteiger charge is 2.10. The van der Waals surface area contributed by atoms with Crippen LogP contribution in [0.25, 0.3) is 0 Å². The van der Waals surface area contributed by atoms with Gasteiger partial charge in [-0.1, -0.05) is 27.7 Å². The van der Waals surface area contributed by atoms with Crippen molar-refractivity contribution in [1.82, 2.24) is 9.80 Å². The lowest BCUT2D eigenvalue weighted by Gasteiger charge is -2.20. The SMILES string of the molecule is CCN(CC)CCOc1cc(I)c(OCCN(CC)CC)cc1Br. The van der Waals surface area contributed by atoms with E-state index in [2.05, 4.69) is 76.0 Å². The zero-order chi connectivity index (χ0) is 17.9. The van der Waals surface area contributed by atoms with Gasteiger partial charge in [-0.2, -0.15) is 0 Å². The molecule has 24 heavy (non-hydrogen) atoms. The van der Waals surface area contributed by atoms with Gasteiger partial charge in [-0.25, -0.2) is 0 Å². The Balaban J connectivity index is 2.55. The molecule has 0 saturated heterocycles. The summed E-state index contributed by atoms with van der Waals surface area (Å²) >= 11 is 5.91. The topological polar surface area (TPSA) is 24.9 Å². The first-order chi connectivity index (χ1) is 11.5. The second kappa shape index (κ2) is 12.3. The van der Waals surface area contributed by atoms with E-state index in [0.29, 0.717) is 13.2 Å². The molecule has 4 nitrogen and oxygen atoms in total. The molecule has 0 saturated carbocycles. The summed E-state index contributed by atoms with van der Waals surface area (Å²) in [7, 11) is 0. The van der Waals surface area contributed by atoms with E-state index in [1.807, 2.05) is 12.1 Å². The normalized spacial score (nSPS) is 11.3. The fourth-order valence-corrected chi connectivity index (χ4v) is 3.41. The van der Waals surface area contributed by atoms with E-state index in [1.54, 1.807) is 0 Å². The number of rotatable bonds is 12. The van der Waals surface area contributed by atoms with Gasteiger partial charge in [0.2, 0.25) is 0 Å². The van der Waals surface area contributed by atoms with E-state index in [1.165, 1.54) is 0 Å². The van der Waals surface area contributed by atoms with Crippen molar-refractivity contribution in [2.75, 3.05) is 52.5 Å². The molecule has 6 heteroatoms. The van der Waals surface area contributed by atoms with Crippen LogP contribution in [-0.4, -0.2) is 62.3 Å². The van der Waals surface area contributed by atoms with Gasteiger partial charge in [0.25, 0.3) is 0 Å². The maximum Gasteiger partial charge on any atom is 0.134 e. The maximum absolute atomic E-state index is 5.94. The molecule has 1 aromatic carbocycles. The van der Waals surface area contributed by atoms with Crippen LogP contribution in [0.15, 0.2) is 16.6 Å². The lowest BCUT2D eigenvalue weighted by Crippen LogP contribution is -2.28. The summed E-state index contributed by atoms with van der Waals surface area (Å²) in [5, 5.41) is 0. The Bertz CT molecular complexity index is 437. The van der Waals surface area contributed by atoms with Crippen LogP contribution in [0.4, 0.5) is 0 Å². The zero-order valence-corrected chi connectivity index (χ0v) is 19.0. The molecule has 0 bridgehead atoms. The molecule has 138 valence electrons. The molecular weight excluding hydrogens is 483 g/mol.